The standard InChI is InChI=1S/C11H16N2O/c14-11-7-10(8-11)13-6-4-9-3-1-2-5-12-9/h1-3,5,10-11,13-14H,4,6-8H2. The van der Waals surface area contributed by atoms with Crippen LogP contribution < -0.4 is 5.32 Å². The van der Waals surface area contributed by atoms with Gasteiger partial charge >= 0.3 is 0 Å². The zero-order chi connectivity index (χ0) is 9.80. The summed E-state index contributed by atoms with van der Waals surface area (Å²) < 4.78 is 0. The van der Waals surface area contributed by atoms with Crippen molar-refractivity contribution in [1.82, 2.24) is 10.3 Å². The van der Waals surface area contributed by atoms with E-state index in [1.807, 2.05) is 24.4 Å². The second-order valence-corrected chi connectivity index (χ2v) is 3.85. The molecule has 0 aliphatic heterocycles. The number of nitrogens with zero attached hydrogens (tertiary/aromatic N) is 1. The van der Waals surface area contributed by atoms with Crippen LogP contribution in [-0.4, -0.2) is 28.8 Å². The summed E-state index contributed by atoms with van der Waals surface area (Å²) in [5, 5.41) is 12.5. The molecular formula is C11H16N2O. The Hall–Kier alpha value is -0.930. The van der Waals surface area contributed by atoms with E-state index in [9.17, 15) is 0 Å². The number of aromatic nitrogens is 1. The number of pyridine rings is 1. The van der Waals surface area contributed by atoms with Gasteiger partial charge in [-0.1, -0.05) is 6.07 Å². The minimum absolute atomic E-state index is 0.0673. The summed E-state index contributed by atoms with van der Waals surface area (Å²) in [6.07, 6.45) is 4.53. The highest BCUT2D eigenvalue weighted by atomic mass is 16.3. The molecule has 1 fully saturated rings. The van der Waals surface area contributed by atoms with E-state index < -0.39 is 0 Å². The Morgan fingerprint density at radius 2 is 2.29 bits per heavy atom. The molecule has 76 valence electrons. The Kier molecular flexibility index (Phi) is 3.11. The molecular weight excluding hydrogens is 176 g/mol. The van der Waals surface area contributed by atoms with Crippen LogP contribution in [0.4, 0.5) is 0 Å². The highest BCUT2D eigenvalue weighted by Crippen LogP contribution is 2.18. The Bertz CT molecular complexity index is 270. The highest BCUT2D eigenvalue weighted by molar-refractivity contribution is 5.03. The molecule has 2 N–H and O–H groups in total. The number of hydrogen-bond donors (Lipinski definition) is 2. The van der Waals surface area contributed by atoms with Crippen LogP contribution in [0.1, 0.15) is 18.5 Å². The average Bonchev–Trinajstić information content (AvgIpc) is 2.17. The van der Waals surface area contributed by atoms with Crippen molar-refractivity contribution in [2.24, 2.45) is 0 Å². The fraction of sp³-hybridized carbons (Fsp3) is 0.545. The van der Waals surface area contributed by atoms with Gasteiger partial charge in [0.05, 0.1) is 6.10 Å². The maximum absolute atomic E-state index is 9.08. The Morgan fingerprint density at radius 1 is 1.43 bits per heavy atom. The van der Waals surface area contributed by atoms with Crippen molar-refractivity contribution in [3.63, 3.8) is 0 Å². The minimum atomic E-state index is -0.0673. The molecule has 1 aliphatic carbocycles. The second-order valence-electron chi connectivity index (χ2n) is 3.85. The van der Waals surface area contributed by atoms with E-state index in [1.165, 1.54) is 0 Å². The van der Waals surface area contributed by atoms with Crippen molar-refractivity contribution in [2.45, 2.75) is 31.4 Å². The van der Waals surface area contributed by atoms with Gasteiger partial charge in [0.2, 0.25) is 0 Å². The average molecular weight is 192 g/mol. The molecule has 0 saturated heterocycles. The van der Waals surface area contributed by atoms with E-state index in [1.54, 1.807) is 0 Å². The first kappa shape index (κ1) is 9.62. The first-order chi connectivity index (χ1) is 6.84. The van der Waals surface area contributed by atoms with E-state index >= 15 is 0 Å². The van der Waals surface area contributed by atoms with Gasteiger partial charge in [-0.25, -0.2) is 0 Å². The lowest BCUT2D eigenvalue weighted by Gasteiger charge is -2.32. The third-order valence-electron chi connectivity index (χ3n) is 2.65. The molecule has 3 heteroatoms. The number of aliphatic hydroxyl groups excluding tert-OH is 1. The van der Waals surface area contributed by atoms with Gasteiger partial charge in [0.1, 0.15) is 0 Å². The van der Waals surface area contributed by atoms with Gasteiger partial charge in [-0.05, 0) is 25.0 Å². The molecule has 0 aromatic carbocycles. The van der Waals surface area contributed by atoms with Gasteiger partial charge in [-0.15, -0.1) is 0 Å². The van der Waals surface area contributed by atoms with Gasteiger partial charge in [0.25, 0.3) is 0 Å². The van der Waals surface area contributed by atoms with Gasteiger partial charge in [-0.3, -0.25) is 4.98 Å². The number of hydrogen-bond acceptors (Lipinski definition) is 3. The summed E-state index contributed by atoms with van der Waals surface area (Å²) in [7, 11) is 0. The molecule has 1 saturated carbocycles. The second kappa shape index (κ2) is 4.53. The van der Waals surface area contributed by atoms with Gasteiger partial charge in [-0.2, -0.15) is 0 Å². The zero-order valence-electron chi connectivity index (χ0n) is 8.19. The molecule has 1 aliphatic rings. The lowest BCUT2D eigenvalue weighted by molar-refractivity contribution is 0.0629. The molecule has 14 heavy (non-hydrogen) atoms. The molecule has 0 radical (unpaired) electrons. The summed E-state index contributed by atoms with van der Waals surface area (Å²) >= 11 is 0. The number of rotatable bonds is 4. The van der Waals surface area contributed by atoms with E-state index in [0.717, 1.165) is 31.5 Å². The highest BCUT2D eigenvalue weighted by Gasteiger charge is 2.25. The summed E-state index contributed by atoms with van der Waals surface area (Å²) in [4.78, 5) is 4.24. The van der Waals surface area contributed by atoms with E-state index in [0.29, 0.717) is 6.04 Å². The number of nitrogens with one attached hydrogen (secondary N) is 1. The summed E-state index contributed by atoms with van der Waals surface area (Å²) in [5.74, 6) is 0. The van der Waals surface area contributed by atoms with Crippen LogP contribution in [-0.2, 0) is 6.42 Å². The van der Waals surface area contributed by atoms with Crippen LogP contribution in [0.2, 0.25) is 0 Å². The predicted octanol–water partition coefficient (Wildman–Crippen LogP) is 0.737. The monoisotopic (exact) mass is 192 g/mol. The third kappa shape index (κ3) is 2.53. The largest absolute Gasteiger partial charge is 0.393 e. The lowest BCUT2D eigenvalue weighted by atomic mass is 9.89. The van der Waals surface area contributed by atoms with Gasteiger partial charge in [0, 0.05) is 30.9 Å². The van der Waals surface area contributed by atoms with Crippen molar-refractivity contribution in [3.05, 3.63) is 30.1 Å². The van der Waals surface area contributed by atoms with Crippen LogP contribution >= 0.6 is 0 Å². The van der Waals surface area contributed by atoms with Crippen LogP contribution in [0.15, 0.2) is 24.4 Å². The van der Waals surface area contributed by atoms with Crippen molar-refractivity contribution in [3.8, 4) is 0 Å². The van der Waals surface area contributed by atoms with E-state index in [-0.39, 0.29) is 6.10 Å². The van der Waals surface area contributed by atoms with Crippen molar-refractivity contribution < 1.29 is 5.11 Å². The molecule has 0 unspecified atom stereocenters. The fourth-order valence-electron chi connectivity index (χ4n) is 1.70. The molecule has 0 atom stereocenters. The van der Waals surface area contributed by atoms with Crippen molar-refractivity contribution >= 4 is 0 Å². The topological polar surface area (TPSA) is 45.1 Å². The van der Waals surface area contributed by atoms with Crippen LogP contribution in [0, 0.1) is 0 Å². The van der Waals surface area contributed by atoms with Crippen LogP contribution in [0.3, 0.4) is 0 Å². The smallest absolute Gasteiger partial charge is 0.0570 e. The Balaban J connectivity index is 1.64. The van der Waals surface area contributed by atoms with Gasteiger partial charge < -0.3 is 10.4 Å². The van der Waals surface area contributed by atoms with E-state index in [2.05, 4.69) is 10.3 Å². The lowest BCUT2D eigenvalue weighted by Crippen LogP contribution is -2.44. The minimum Gasteiger partial charge on any atom is -0.393 e. The molecule has 1 aromatic heterocycles. The molecule has 0 bridgehead atoms. The molecule has 1 heterocycles. The molecule has 0 spiro atoms. The van der Waals surface area contributed by atoms with E-state index in [4.69, 9.17) is 5.11 Å². The molecule has 0 amide bonds. The first-order valence-electron chi connectivity index (χ1n) is 5.16. The predicted molar refractivity (Wildman–Crippen MR) is 55.0 cm³/mol. The Morgan fingerprint density at radius 3 is 2.93 bits per heavy atom. The third-order valence-corrected chi connectivity index (χ3v) is 2.65. The Labute approximate surface area is 84.2 Å². The molecule has 2 rings (SSSR count). The van der Waals surface area contributed by atoms with Gasteiger partial charge in [0.15, 0.2) is 0 Å². The summed E-state index contributed by atoms with van der Waals surface area (Å²) in [6.45, 7) is 0.953. The van der Waals surface area contributed by atoms with Crippen LogP contribution in [0.5, 0.6) is 0 Å². The first-order valence-corrected chi connectivity index (χ1v) is 5.16. The number of aliphatic hydroxyl groups is 1. The van der Waals surface area contributed by atoms with Crippen molar-refractivity contribution in [2.75, 3.05) is 6.54 Å². The maximum Gasteiger partial charge on any atom is 0.0570 e. The quantitative estimate of drug-likeness (QED) is 0.739. The fourth-order valence-corrected chi connectivity index (χ4v) is 1.70. The molecule has 3 nitrogen and oxygen atoms in total. The van der Waals surface area contributed by atoms with Crippen LogP contribution in [0.25, 0.3) is 0 Å². The molecule has 1 aromatic rings. The maximum atomic E-state index is 9.08. The van der Waals surface area contributed by atoms with Crippen molar-refractivity contribution in [1.29, 1.82) is 0 Å². The summed E-state index contributed by atoms with van der Waals surface area (Å²) in [6, 6.07) is 6.50. The SMILES string of the molecule is OC1CC(NCCc2ccccn2)C1. The normalized spacial score (nSPS) is 25.8. The summed E-state index contributed by atoms with van der Waals surface area (Å²) in [5.41, 5.74) is 1.12. The zero-order valence-corrected chi connectivity index (χ0v) is 8.19.